The van der Waals surface area contributed by atoms with Crippen molar-refractivity contribution in [3.63, 3.8) is 0 Å². The van der Waals surface area contributed by atoms with Crippen molar-refractivity contribution < 1.29 is 158 Å². The topological polar surface area (TPSA) is 80.3 Å². The molecule has 0 N–H and O–H groups in total. The van der Waals surface area contributed by atoms with E-state index in [1.165, 1.54) is 6.92 Å². The molecule has 1 unspecified atom stereocenters. The molecule has 6 heteroatoms. The Morgan fingerprint density at radius 1 is 1.25 bits per heavy atom. The molecule has 0 saturated heterocycles. The van der Waals surface area contributed by atoms with E-state index in [-0.39, 0.29) is 151 Å². The predicted octanol–water partition coefficient (Wildman–Crippen LogP) is -8.09. The summed E-state index contributed by atoms with van der Waals surface area (Å²) in [6.45, 7) is 1.40. The third-order valence-corrected chi connectivity index (χ3v) is 1.18. The number of hydrogen-bond donors (Lipinski definition) is 0. The van der Waals surface area contributed by atoms with Crippen LogP contribution in [0.25, 0.3) is 0 Å². The normalized spacial score (nSPS) is 10.4. The minimum Gasteiger partial charge on any atom is -0.550 e. The zero-order valence-corrected chi connectivity index (χ0v) is 20.2. The fraction of sp³-hybridized carbons (Fsp3) is 0.667. The average Bonchev–Trinajstić information content (AvgIpc) is 1.82. The Bertz CT molecular complexity index is 148. The maximum absolute atomic E-state index is 9.99. The van der Waals surface area contributed by atoms with Gasteiger partial charge in [-0.05, 0) is 18.8 Å². The Morgan fingerprint density at radius 2 is 1.67 bits per heavy atom. The maximum Gasteiger partial charge on any atom is 1.00 e. The van der Waals surface area contributed by atoms with E-state index >= 15 is 0 Å². The molecule has 0 saturated carbocycles. The molecular formula is C6H8Cs2O4. The largest absolute Gasteiger partial charge is 1.00 e. The Labute approximate surface area is 189 Å². The van der Waals surface area contributed by atoms with Crippen molar-refractivity contribution in [2.24, 2.45) is 5.92 Å². The molecule has 0 rings (SSSR count). The first-order valence-electron chi connectivity index (χ1n) is 2.94. The van der Waals surface area contributed by atoms with Crippen LogP contribution in [0.15, 0.2) is 0 Å². The van der Waals surface area contributed by atoms with Crippen LogP contribution >= 0.6 is 0 Å². The molecule has 0 aliphatic carbocycles. The van der Waals surface area contributed by atoms with Crippen molar-refractivity contribution >= 4 is 11.9 Å². The van der Waals surface area contributed by atoms with Gasteiger partial charge in [0, 0.05) is 11.9 Å². The molecule has 0 aromatic carbocycles. The quantitative estimate of drug-likeness (QED) is 0.462. The van der Waals surface area contributed by atoms with Crippen LogP contribution in [0.2, 0.25) is 0 Å². The van der Waals surface area contributed by atoms with Crippen LogP contribution in [0.5, 0.6) is 0 Å². The van der Waals surface area contributed by atoms with E-state index in [9.17, 15) is 19.8 Å². The third-order valence-electron chi connectivity index (χ3n) is 1.18. The molecule has 12 heavy (non-hydrogen) atoms. The van der Waals surface area contributed by atoms with Gasteiger partial charge in [0.05, 0.1) is 0 Å². The molecule has 0 aromatic heterocycles. The van der Waals surface area contributed by atoms with Crippen LogP contribution in [-0.2, 0) is 9.59 Å². The molecule has 0 fully saturated rings. The standard InChI is InChI=1S/C6H10O4.2Cs/c1-4(6(9)10)2-3-5(7)8;;/h4H,2-3H2,1H3,(H,7,8)(H,9,10);;/q;2*+1/p-2. The summed E-state index contributed by atoms with van der Waals surface area (Å²) in [7, 11) is 0. The van der Waals surface area contributed by atoms with Crippen LogP contribution < -0.4 is 148 Å². The van der Waals surface area contributed by atoms with Crippen LogP contribution in [0.4, 0.5) is 0 Å². The van der Waals surface area contributed by atoms with Gasteiger partial charge in [-0.2, -0.15) is 0 Å². The summed E-state index contributed by atoms with van der Waals surface area (Å²) < 4.78 is 0. The van der Waals surface area contributed by atoms with Crippen LogP contribution in [0, 0.1) is 5.92 Å². The van der Waals surface area contributed by atoms with Gasteiger partial charge >= 0.3 is 138 Å². The maximum atomic E-state index is 9.99. The van der Waals surface area contributed by atoms with E-state index < -0.39 is 17.9 Å². The van der Waals surface area contributed by atoms with E-state index in [2.05, 4.69) is 0 Å². The summed E-state index contributed by atoms with van der Waals surface area (Å²) in [5, 5.41) is 19.8. The monoisotopic (exact) mass is 410 g/mol. The number of hydrogen-bond acceptors (Lipinski definition) is 4. The van der Waals surface area contributed by atoms with E-state index in [0.717, 1.165) is 0 Å². The molecule has 1 atom stereocenters. The molecular weight excluding hydrogens is 402 g/mol. The van der Waals surface area contributed by atoms with Gasteiger partial charge in [-0.3, -0.25) is 0 Å². The van der Waals surface area contributed by atoms with E-state index in [4.69, 9.17) is 0 Å². The summed E-state index contributed by atoms with van der Waals surface area (Å²) in [6.07, 6.45) is -0.153. The summed E-state index contributed by atoms with van der Waals surface area (Å²) in [5.41, 5.74) is 0. The summed E-state index contributed by atoms with van der Waals surface area (Å²) in [5.74, 6) is -3.16. The number of aliphatic carboxylic acids is 2. The smallest absolute Gasteiger partial charge is 0.550 e. The Balaban J connectivity index is -0.000000405. The van der Waals surface area contributed by atoms with Crippen molar-refractivity contribution in [1.29, 1.82) is 0 Å². The van der Waals surface area contributed by atoms with Gasteiger partial charge in [0.1, 0.15) is 0 Å². The van der Waals surface area contributed by atoms with Crippen LogP contribution in [0.1, 0.15) is 19.8 Å². The minimum atomic E-state index is -1.23. The Morgan fingerprint density at radius 3 is 1.92 bits per heavy atom. The minimum absolute atomic E-state index is 0. The van der Waals surface area contributed by atoms with Crippen molar-refractivity contribution in [2.45, 2.75) is 19.8 Å². The number of carboxylic acids is 2. The third kappa shape index (κ3) is 13.0. The molecule has 0 spiro atoms. The number of rotatable bonds is 4. The molecule has 0 aliphatic heterocycles. The molecule has 4 nitrogen and oxygen atoms in total. The second-order valence-corrected chi connectivity index (χ2v) is 2.13. The van der Waals surface area contributed by atoms with E-state index in [0.29, 0.717) is 0 Å². The number of carbonyl (C=O) groups is 2. The molecule has 0 amide bonds. The zero-order valence-electron chi connectivity index (χ0n) is 7.62. The van der Waals surface area contributed by atoms with Gasteiger partial charge in [0.25, 0.3) is 0 Å². The van der Waals surface area contributed by atoms with Gasteiger partial charge in [-0.15, -0.1) is 0 Å². The SMILES string of the molecule is CC(CCC(=O)[O-])C(=O)[O-].[Cs+].[Cs+]. The first-order chi connectivity index (χ1) is 4.54. The van der Waals surface area contributed by atoms with Crippen molar-refractivity contribution in [3.05, 3.63) is 0 Å². The molecule has 0 heterocycles. The predicted molar refractivity (Wildman–Crippen MR) is 28.4 cm³/mol. The first kappa shape index (κ1) is 20.5. The first-order valence-corrected chi connectivity index (χ1v) is 2.94. The summed E-state index contributed by atoms with van der Waals surface area (Å²) in [6, 6.07) is 0. The van der Waals surface area contributed by atoms with Crippen molar-refractivity contribution in [1.82, 2.24) is 0 Å². The van der Waals surface area contributed by atoms with Gasteiger partial charge in [0.2, 0.25) is 0 Å². The van der Waals surface area contributed by atoms with Gasteiger partial charge < -0.3 is 19.8 Å². The van der Waals surface area contributed by atoms with E-state index in [1.807, 2.05) is 0 Å². The molecule has 0 aliphatic rings. The van der Waals surface area contributed by atoms with Gasteiger partial charge in [0.15, 0.2) is 0 Å². The molecule has 0 bridgehead atoms. The van der Waals surface area contributed by atoms with Gasteiger partial charge in [-0.1, -0.05) is 6.92 Å². The molecule has 0 aromatic rings. The fourth-order valence-electron chi connectivity index (χ4n) is 0.452. The number of carboxylic acid groups (broad SMARTS) is 2. The van der Waals surface area contributed by atoms with Crippen LogP contribution in [0.3, 0.4) is 0 Å². The second-order valence-electron chi connectivity index (χ2n) is 2.13. The Hall–Kier alpha value is 3.04. The number of carbonyl (C=O) groups excluding carboxylic acids is 2. The molecule has 0 radical (unpaired) electrons. The summed E-state index contributed by atoms with van der Waals surface area (Å²) >= 11 is 0. The Kier molecular flexibility index (Phi) is 20.7. The molecule has 58 valence electrons. The zero-order chi connectivity index (χ0) is 8.15. The average molecular weight is 410 g/mol. The van der Waals surface area contributed by atoms with Gasteiger partial charge in [-0.25, -0.2) is 0 Å². The fourth-order valence-corrected chi connectivity index (χ4v) is 0.452. The summed E-state index contributed by atoms with van der Waals surface area (Å²) in [4.78, 5) is 19.8. The van der Waals surface area contributed by atoms with E-state index in [1.54, 1.807) is 0 Å². The van der Waals surface area contributed by atoms with Crippen LogP contribution in [-0.4, -0.2) is 11.9 Å². The van der Waals surface area contributed by atoms with Crippen molar-refractivity contribution in [2.75, 3.05) is 0 Å². The van der Waals surface area contributed by atoms with Crippen molar-refractivity contribution in [3.8, 4) is 0 Å². The second kappa shape index (κ2) is 12.1.